The van der Waals surface area contributed by atoms with Crippen LogP contribution in [-0.4, -0.2) is 54.3 Å². The van der Waals surface area contributed by atoms with E-state index < -0.39 is 0 Å². The third-order valence-electron chi connectivity index (χ3n) is 4.52. The van der Waals surface area contributed by atoms with Crippen LogP contribution in [0.15, 0.2) is 41.2 Å². The number of amides is 2. The van der Waals surface area contributed by atoms with Crippen LogP contribution >= 0.6 is 0 Å². The molecule has 0 atom stereocenters. The molecular weight excluding hydrogens is 337 g/mol. The Kier molecular flexibility index (Phi) is 5.68. The number of piperazine rings is 1. The van der Waals surface area contributed by atoms with Crippen molar-refractivity contribution >= 4 is 11.8 Å². The fourth-order valence-electron chi connectivity index (χ4n) is 2.88. The highest BCUT2D eigenvalue weighted by atomic mass is 19.1. The lowest BCUT2D eigenvalue weighted by atomic mass is 10.1. The Hall–Kier alpha value is -2.67. The van der Waals surface area contributed by atoms with Gasteiger partial charge in [-0.05, 0) is 30.2 Å². The lowest BCUT2D eigenvalue weighted by Gasteiger charge is -2.34. The highest BCUT2D eigenvalue weighted by Crippen LogP contribution is 2.10. The van der Waals surface area contributed by atoms with Gasteiger partial charge in [-0.2, -0.15) is 0 Å². The second-order valence-electron chi connectivity index (χ2n) is 6.44. The normalized spacial score (nSPS) is 15.1. The zero-order valence-corrected chi connectivity index (χ0v) is 14.7. The molecule has 0 saturated carbocycles. The summed E-state index contributed by atoms with van der Waals surface area (Å²) in [5, 5.41) is 2.81. The molecule has 2 heterocycles. The van der Waals surface area contributed by atoms with Crippen LogP contribution in [0.3, 0.4) is 0 Å². The van der Waals surface area contributed by atoms with E-state index in [0.29, 0.717) is 43.9 Å². The molecule has 138 valence electrons. The molecule has 0 unspecified atom stereocenters. The van der Waals surface area contributed by atoms with E-state index in [-0.39, 0.29) is 24.2 Å². The van der Waals surface area contributed by atoms with E-state index >= 15 is 0 Å². The molecule has 6 nitrogen and oxygen atoms in total. The molecule has 0 radical (unpaired) electrons. The average Bonchev–Trinajstić information content (AvgIpc) is 3.17. The molecule has 1 aliphatic heterocycles. The molecule has 2 aromatic rings. The molecule has 2 amide bonds. The minimum Gasteiger partial charge on any atom is -0.472 e. The molecule has 1 aliphatic rings. The summed E-state index contributed by atoms with van der Waals surface area (Å²) >= 11 is 0. The summed E-state index contributed by atoms with van der Waals surface area (Å²) in [4.78, 5) is 28.1. The predicted molar refractivity (Wildman–Crippen MR) is 94.0 cm³/mol. The van der Waals surface area contributed by atoms with Crippen LogP contribution in [0.4, 0.5) is 4.39 Å². The Morgan fingerprint density at radius 2 is 1.96 bits per heavy atom. The zero-order valence-electron chi connectivity index (χ0n) is 14.7. The monoisotopic (exact) mass is 359 g/mol. The summed E-state index contributed by atoms with van der Waals surface area (Å²) in [6.45, 7) is 4.68. The highest BCUT2D eigenvalue weighted by Gasteiger charge is 2.23. The number of hydrogen-bond acceptors (Lipinski definition) is 4. The maximum absolute atomic E-state index is 13.5. The van der Waals surface area contributed by atoms with E-state index in [1.54, 1.807) is 30.0 Å². The van der Waals surface area contributed by atoms with Crippen molar-refractivity contribution in [1.82, 2.24) is 15.1 Å². The molecule has 0 aliphatic carbocycles. The van der Waals surface area contributed by atoms with Gasteiger partial charge in [-0.15, -0.1) is 0 Å². The first-order chi connectivity index (χ1) is 12.5. The Labute approximate surface area is 151 Å². The van der Waals surface area contributed by atoms with Gasteiger partial charge >= 0.3 is 0 Å². The molecule has 26 heavy (non-hydrogen) atoms. The highest BCUT2D eigenvalue weighted by molar-refractivity contribution is 5.93. The van der Waals surface area contributed by atoms with Crippen LogP contribution in [0.25, 0.3) is 0 Å². The number of nitrogens with zero attached hydrogens (tertiary/aromatic N) is 2. The second-order valence-corrected chi connectivity index (χ2v) is 6.44. The number of nitrogens with one attached hydrogen (secondary N) is 1. The number of hydrogen-bond donors (Lipinski definition) is 1. The van der Waals surface area contributed by atoms with Gasteiger partial charge in [0.2, 0.25) is 5.91 Å². The summed E-state index contributed by atoms with van der Waals surface area (Å²) in [6.07, 6.45) is 2.92. The van der Waals surface area contributed by atoms with E-state index in [2.05, 4.69) is 5.32 Å². The number of carbonyl (C=O) groups is 2. The van der Waals surface area contributed by atoms with Crippen molar-refractivity contribution in [2.45, 2.75) is 13.5 Å². The van der Waals surface area contributed by atoms with Crippen molar-refractivity contribution in [2.24, 2.45) is 0 Å². The summed E-state index contributed by atoms with van der Waals surface area (Å²) in [5.74, 6) is -0.431. The number of halogens is 1. The lowest BCUT2D eigenvalue weighted by Crippen LogP contribution is -2.51. The summed E-state index contributed by atoms with van der Waals surface area (Å²) in [7, 11) is 0. The largest absolute Gasteiger partial charge is 0.472 e. The second kappa shape index (κ2) is 8.14. The number of benzene rings is 1. The first-order valence-corrected chi connectivity index (χ1v) is 8.58. The maximum Gasteiger partial charge on any atom is 0.257 e. The van der Waals surface area contributed by atoms with Gasteiger partial charge in [0.25, 0.3) is 5.91 Å². The Bertz CT molecular complexity index is 768. The lowest BCUT2D eigenvalue weighted by molar-refractivity contribution is -0.122. The summed E-state index contributed by atoms with van der Waals surface area (Å²) < 4.78 is 18.5. The van der Waals surface area contributed by atoms with Gasteiger partial charge in [0, 0.05) is 32.7 Å². The van der Waals surface area contributed by atoms with Crippen LogP contribution in [0.5, 0.6) is 0 Å². The van der Waals surface area contributed by atoms with Crippen molar-refractivity contribution in [3.05, 3.63) is 59.3 Å². The van der Waals surface area contributed by atoms with Gasteiger partial charge in [-0.25, -0.2) is 4.39 Å². The Morgan fingerprint density at radius 3 is 2.62 bits per heavy atom. The number of rotatable bonds is 5. The van der Waals surface area contributed by atoms with E-state index in [0.717, 1.165) is 5.56 Å². The van der Waals surface area contributed by atoms with Crippen LogP contribution in [-0.2, 0) is 11.3 Å². The zero-order chi connectivity index (χ0) is 18.5. The van der Waals surface area contributed by atoms with Gasteiger partial charge in [0.05, 0.1) is 18.4 Å². The molecule has 3 rings (SSSR count). The molecule has 1 aromatic carbocycles. The van der Waals surface area contributed by atoms with E-state index in [9.17, 15) is 14.0 Å². The molecule has 1 N–H and O–H groups in total. The smallest absolute Gasteiger partial charge is 0.257 e. The Morgan fingerprint density at radius 1 is 1.19 bits per heavy atom. The third kappa shape index (κ3) is 4.49. The number of carbonyl (C=O) groups excluding carboxylic acids is 2. The van der Waals surface area contributed by atoms with Gasteiger partial charge in [-0.1, -0.05) is 12.1 Å². The van der Waals surface area contributed by atoms with Crippen molar-refractivity contribution in [3.63, 3.8) is 0 Å². The molecular formula is C19H22FN3O3. The van der Waals surface area contributed by atoms with Crippen molar-refractivity contribution in [2.75, 3.05) is 32.7 Å². The minimum absolute atomic E-state index is 0.0516. The van der Waals surface area contributed by atoms with Crippen LogP contribution in [0.1, 0.15) is 21.5 Å². The van der Waals surface area contributed by atoms with Gasteiger partial charge in [0.1, 0.15) is 12.1 Å². The minimum atomic E-state index is -0.268. The summed E-state index contributed by atoms with van der Waals surface area (Å²) in [6, 6.07) is 6.60. The average molecular weight is 359 g/mol. The predicted octanol–water partition coefficient (Wildman–Crippen LogP) is 1.80. The van der Waals surface area contributed by atoms with Crippen LogP contribution < -0.4 is 5.32 Å². The molecule has 0 spiro atoms. The summed E-state index contributed by atoms with van der Waals surface area (Å²) in [5.41, 5.74) is 1.86. The standard InChI is InChI=1S/C19H22FN3O3/c1-14-2-3-15(10-17(14)20)11-21-18(24)12-22-5-7-23(8-6-22)19(25)16-4-9-26-13-16/h2-4,9-10,13H,5-8,11-12H2,1H3,(H,21,24). The molecule has 1 saturated heterocycles. The first kappa shape index (κ1) is 18.1. The quantitative estimate of drug-likeness (QED) is 0.884. The van der Waals surface area contributed by atoms with Crippen molar-refractivity contribution in [1.29, 1.82) is 0 Å². The first-order valence-electron chi connectivity index (χ1n) is 8.58. The van der Waals surface area contributed by atoms with Crippen molar-refractivity contribution in [3.8, 4) is 0 Å². The van der Waals surface area contributed by atoms with Crippen LogP contribution in [0, 0.1) is 12.7 Å². The topological polar surface area (TPSA) is 65.8 Å². The Balaban J connectivity index is 1.42. The number of aryl methyl sites for hydroxylation is 1. The maximum atomic E-state index is 13.5. The molecule has 1 aromatic heterocycles. The number of furan rings is 1. The van der Waals surface area contributed by atoms with Gasteiger partial charge in [-0.3, -0.25) is 14.5 Å². The van der Waals surface area contributed by atoms with Crippen LogP contribution in [0.2, 0.25) is 0 Å². The van der Waals surface area contributed by atoms with Gasteiger partial charge < -0.3 is 14.6 Å². The fourth-order valence-corrected chi connectivity index (χ4v) is 2.88. The third-order valence-corrected chi connectivity index (χ3v) is 4.52. The van der Waals surface area contributed by atoms with E-state index in [1.165, 1.54) is 18.6 Å². The molecule has 1 fully saturated rings. The molecule has 0 bridgehead atoms. The van der Waals surface area contributed by atoms with Gasteiger partial charge in [0.15, 0.2) is 0 Å². The fraction of sp³-hybridized carbons (Fsp3) is 0.368. The van der Waals surface area contributed by atoms with E-state index in [1.807, 2.05) is 4.90 Å². The van der Waals surface area contributed by atoms with E-state index in [4.69, 9.17) is 4.42 Å². The molecule has 7 heteroatoms. The SMILES string of the molecule is Cc1ccc(CNC(=O)CN2CCN(C(=O)c3ccoc3)CC2)cc1F. The van der Waals surface area contributed by atoms with Crippen molar-refractivity contribution < 1.29 is 18.4 Å².